The van der Waals surface area contributed by atoms with E-state index in [1.54, 1.807) is 0 Å². The summed E-state index contributed by atoms with van der Waals surface area (Å²) in [5.74, 6) is -0.700. The molecule has 0 radical (unpaired) electrons. The third kappa shape index (κ3) is 3.03. The highest BCUT2D eigenvalue weighted by Gasteiger charge is 2.20. The Balaban J connectivity index is 2.13. The minimum absolute atomic E-state index is 0.0865. The Hall–Kier alpha value is -0.970. The molecule has 0 aliphatic heterocycles. The van der Waals surface area contributed by atoms with Crippen LogP contribution in [0.5, 0.6) is 0 Å². The molecule has 0 unspecified atom stereocenters. The van der Waals surface area contributed by atoms with Crippen molar-refractivity contribution in [3.05, 3.63) is 11.9 Å². The van der Waals surface area contributed by atoms with Gasteiger partial charge in [-0.3, -0.25) is 4.79 Å². The summed E-state index contributed by atoms with van der Waals surface area (Å²) in [7, 11) is 0. The van der Waals surface area contributed by atoms with E-state index in [1.165, 1.54) is 43.9 Å². The van der Waals surface area contributed by atoms with Crippen LogP contribution in [0.4, 0.5) is 0 Å². The summed E-state index contributed by atoms with van der Waals surface area (Å²) < 4.78 is 2.23. The van der Waals surface area contributed by atoms with Crippen LogP contribution in [0.3, 0.4) is 0 Å². The number of thioether (sulfide) groups is 1. The Morgan fingerprint density at radius 3 is 2.88 bits per heavy atom. The lowest BCUT2D eigenvalue weighted by Gasteiger charge is -2.25. The van der Waals surface area contributed by atoms with Crippen LogP contribution in [-0.2, 0) is 4.79 Å². The van der Waals surface area contributed by atoms with Crippen molar-refractivity contribution in [1.29, 1.82) is 0 Å². The maximum Gasteiger partial charge on any atom is 0.313 e. The van der Waals surface area contributed by atoms with Crippen LogP contribution in [0.1, 0.15) is 43.8 Å². The lowest BCUT2D eigenvalue weighted by Crippen LogP contribution is -2.15. The lowest BCUT2D eigenvalue weighted by atomic mass is 9.95. The Labute approximate surface area is 105 Å². The number of rotatable bonds is 4. The molecule has 0 aromatic carbocycles. The van der Waals surface area contributed by atoms with Crippen molar-refractivity contribution in [2.45, 2.75) is 50.2 Å². The first-order valence-corrected chi connectivity index (χ1v) is 7.05. The molecule has 94 valence electrons. The topological polar surface area (TPSA) is 55.1 Å². The lowest BCUT2D eigenvalue weighted by molar-refractivity contribution is -0.133. The van der Waals surface area contributed by atoms with Crippen molar-refractivity contribution >= 4 is 17.7 Å². The number of aromatic nitrogens is 2. The van der Waals surface area contributed by atoms with Gasteiger partial charge in [0.15, 0.2) is 5.16 Å². The molecule has 1 aliphatic carbocycles. The first-order chi connectivity index (χ1) is 8.18. The molecule has 5 heteroatoms. The van der Waals surface area contributed by atoms with Crippen LogP contribution in [-0.4, -0.2) is 26.4 Å². The van der Waals surface area contributed by atoms with E-state index in [9.17, 15) is 4.79 Å². The number of hydrogen-bond donors (Lipinski definition) is 1. The second-order valence-corrected chi connectivity index (χ2v) is 5.47. The zero-order valence-corrected chi connectivity index (χ0v) is 10.9. The third-order valence-corrected chi connectivity index (χ3v) is 4.16. The van der Waals surface area contributed by atoms with E-state index in [0.717, 1.165) is 10.9 Å². The van der Waals surface area contributed by atoms with Crippen molar-refractivity contribution in [3.63, 3.8) is 0 Å². The molecular formula is C12H18N2O2S. The van der Waals surface area contributed by atoms with Crippen molar-refractivity contribution in [2.75, 3.05) is 5.75 Å². The van der Waals surface area contributed by atoms with Gasteiger partial charge in [0.05, 0.1) is 5.75 Å². The number of carbonyl (C=O) groups is 1. The van der Waals surface area contributed by atoms with Gasteiger partial charge in [-0.05, 0) is 19.8 Å². The van der Waals surface area contributed by atoms with Crippen LogP contribution in [0, 0.1) is 6.92 Å². The van der Waals surface area contributed by atoms with Gasteiger partial charge in [0.25, 0.3) is 0 Å². The van der Waals surface area contributed by atoms with Crippen LogP contribution in [0.15, 0.2) is 11.4 Å². The fourth-order valence-electron chi connectivity index (χ4n) is 2.44. The molecule has 0 spiro atoms. The van der Waals surface area contributed by atoms with E-state index in [2.05, 4.69) is 9.55 Å². The number of imidazole rings is 1. The maximum absolute atomic E-state index is 10.6. The quantitative estimate of drug-likeness (QED) is 0.839. The standard InChI is InChI=1S/C12H18N2O2S/c1-9-7-13-12(17-8-11(15)16)14(9)10-5-3-2-4-6-10/h7,10H,2-6,8H2,1H3,(H,15,16). The van der Waals surface area contributed by atoms with Crippen molar-refractivity contribution in [1.82, 2.24) is 9.55 Å². The summed E-state index contributed by atoms with van der Waals surface area (Å²) in [6.45, 7) is 2.05. The second-order valence-electron chi connectivity index (χ2n) is 4.53. The largest absolute Gasteiger partial charge is 0.481 e. The number of aliphatic carboxylic acids is 1. The zero-order valence-electron chi connectivity index (χ0n) is 10.1. The van der Waals surface area contributed by atoms with E-state index in [0.29, 0.717) is 6.04 Å². The highest BCUT2D eigenvalue weighted by Crippen LogP contribution is 2.32. The molecular weight excluding hydrogens is 236 g/mol. The Morgan fingerprint density at radius 2 is 2.24 bits per heavy atom. The van der Waals surface area contributed by atoms with E-state index >= 15 is 0 Å². The average molecular weight is 254 g/mol. The summed E-state index contributed by atoms with van der Waals surface area (Å²) >= 11 is 1.32. The highest BCUT2D eigenvalue weighted by molar-refractivity contribution is 7.99. The summed E-state index contributed by atoms with van der Waals surface area (Å²) in [6, 6.07) is 0.516. The molecule has 1 aromatic heterocycles. The molecule has 0 amide bonds. The number of aryl methyl sites for hydroxylation is 1. The number of carboxylic acids is 1. The second kappa shape index (κ2) is 5.58. The number of hydrogen-bond acceptors (Lipinski definition) is 3. The molecule has 1 saturated carbocycles. The van der Waals surface area contributed by atoms with Gasteiger partial charge in [-0.25, -0.2) is 4.98 Å². The predicted molar refractivity (Wildman–Crippen MR) is 67.4 cm³/mol. The van der Waals surface area contributed by atoms with Crippen LogP contribution < -0.4 is 0 Å². The van der Waals surface area contributed by atoms with Gasteiger partial charge in [-0.2, -0.15) is 0 Å². The maximum atomic E-state index is 10.6. The summed E-state index contributed by atoms with van der Waals surface area (Å²) in [5, 5.41) is 9.58. The first kappa shape index (κ1) is 12.5. The van der Waals surface area contributed by atoms with Crippen LogP contribution in [0.25, 0.3) is 0 Å². The van der Waals surface area contributed by atoms with E-state index < -0.39 is 5.97 Å². The number of nitrogens with zero attached hydrogens (tertiary/aromatic N) is 2. The van der Waals surface area contributed by atoms with E-state index in [-0.39, 0.29) is 5.75 Å². The molecule has 1 aromatic rings. The minimum atomic E-state index is -0.786. The monoisotopic (exact) mass is 254 g/mol. The molecule has 17 heavy (non-hydrogen) atoms. The van der Waals surface area contributed by atoms with Crippen LogP contribution in [0.2, 0.25) is 0 Å². The van der Waals surface area contributed by atoms with Crippen LogP contribution >= 0.6 is 11.8 Å². The Bertz CT molecular complexity index is 397. The summed E-state index contributed by atoms with van der Waals surface area (Å²) in [6.07, 6.45) is 8.09. The molecule has 1 fully saturated rings. The van der Waals surface area contributed by atoms with E-state index in [4.69, 9.17) is 5.11 Å². The molecule has 1 N–H and O–H groups in total. The SMILES string of the molecule is Cc1cnc(SCC(=O)O)n1C1CCCCC1. The van der Waals surface area contributed by atoms with Gasteiger partial charge < -0.3 is 9.67 Å². The van der Waals surface area contributed by atoms with Crippen molar-refractivity contribution in [2.24, 2.45) is 0 Å². The zero-order chi connectivity index (χ0) is 12.3. The van der Waals surface area contributed by atoms with Gasteiger partial charge in [0, 0.05) is 17.9 Å². The van der Waals surface area contributed by atoms with Crippen molar-refractivity contribution in [3.8, 4) is 0 Å². The molecule has 1 heterocycles. The number of carboxylic acid groups (broad SMARTS) is 1. The molecule has 0 saturated heterocycles. The Morgan fingerprint density at radius 1 is 1.53 bits per heavy atom. The van der Waals surface area contributed by atoms with E-state index in [1.807, 2.05) is 13.1 Å². The smallest absolute Gasteiger partial charge is 0.313 e. The third-order valence-electron chi connectivity index (χ3n) is 3.21. The molecule has 4 nitrogen and oxygen atoms in total. The van der Waals surface area contributed by atoms with Crippen molar-refractivity contribution < 1.29 is 9.90 Å². The first-order valence-electron chi connectivity index (χ1n) is 6.07. The highest BCUT2D eigenvalue weighted by atomic mass is 32.2. The summed E-state index contributed by atoms with van der Waals surface area (Å²) in [5.41, 5.74) is 1.14. The normalized spacial score (nSPS) is 17.2. The molecule has 1 aliphatic rings. The summed E-state index contributed by atoms with van der Waals surface area (Å²) in [4.78, 5) is 14.9. The van der Waals surface area contributed by atoms with Gasteiger partial charge in [0.1, 0.15) is 0 Å². The predicted octanol–water partition coefficient (Wildman–Crippen LogP) is 2.87. The average Bonchev–Trinajstić information content (AvgIpc) is 2.69. The fourth-order valence-corrected chi connectivity index (χ4v) is 3.25. The van der Waals surface area contributed by atoms with Gasteiger partial charge in [-0.1, -0.05) is 31.0 Å². The minimum Gasteiger partial charge on any atom is -0.481 e. The Kier molecular flexibility index (Phi) is 4.10. The molecule has 0 bridgehead atoms. The van der Waals surface area contributed by atoms with Gasteiger partial charge >= 0.3 is 5.97 Å². The molecule has 2 rings (SSSR count). The van der Waals surface area contributed by atoms with Gasteiger partial charge in [0.2, 0.25) is 0 Å². The fraction of sp³-hybridized carbons (Fsp3) is 0.667. The van der Waals surface area contributed by atoms with Gasteiger partial charge in [-0.15, -0.1) is 0 Å². The molecule has 0 atom stereocenters.